The number of quaternary nitrogens is 1. The van der Waals surface area contributed by atoms with Crippen molar-refractivity contribution in [3.05, 3.63) is 47.0 Å². The van der Waals surface area contributed by atoms with E-state index in [4.69, 9.17) is 21.1 Å². The van der Waals surface area contributed by atoms with Crippen molar-refractivity contribution in [2.75, 3.05) is 31.0 Å². The molecule has 2 atom stereocenters. The van der Waals surface area contributed by atoms with Gasteiger partial charge >= 0.3 is 6.18 Å². The fraction of sp³-hybridized carbons (Fsp3) is 0.300. The minimum atomic E-state index is -4.64. The Morgan fingerprint density at radius 1 is 1.10 bits per heavy atom. The topological polar surface area (TPSA) is 81.1 Å². The lowest BCUT2D eigenvalue weighted by Crippen LogP contribution is -3.14. The number of fused-ring (bicyclic) bond motifs is 1. The van der Waals surface area contributed by atoms with Crippen LogP contribution in [0.25, 0.3) is 0 Å². The highest BCUT2D eigenvalue weighted by molar-refractivity contribution is 6.31. The smallest absolute Gasteiger partial charge is 0.417 e. The number of halogens is 4. The molecular formula is C20H20ClF3N3O4+. The van der Waals surface area contributed by atoms with Crippen LogP contribution in [0.3, 0.4) is 0 Å². The number of rotatable bonds is 6. The summed E-state index contributed by atoms with van der Waals surface area (Å²) in [5.74, 6) is 0.221. The molecule has 1 aliphatic rings. The molecule has 0 saturated heterocycles. The van der Waals surface area contributed by atoms with Crippen LogP contribution in [0.4, 0.5) is 24.5 Å². The summed E-state index contributed by atoms with van der Waals surface area (Å²) in [6, 6.07) is 7.47. The minimum Gasteiger partial charge on any atom is -0.454 e. The molecule has 0 saturated carbocycles. The summed E-state index contributed by atoms with van der Waals surface area (Å²) in [5, 5.41) is 4.69. The van der Waals surface area contributed by atoms with Crippen LogP contribution in [0.1, 0.15) is 12.5 Å². The zero-order chi connectivity index (χ0) is 22.8. The molecule has 2 aromatic rings. The quantitative estimate of drug-likeness (QED) is 0.621. The van der Waals surface area contributed by atoms with E-state index in [0.29, 0.717) is 22.1 Å². The molecule has 7 nitrogen and oxygen atoms in total. The Kier molecular flexibility index (Phi) is 6.61. The van der Waals surface area contributed by atoms with Gasteiger partial charge in [0.1, 0.15) is 0 Å². The van der Waals surface area contributed by atoms with Gasteiger partial charge < -0.3 is 25.0 Å². The first-order valence-corrected chi connectivity index (χ1v) is 9.62. The fourth-order valence-electron chi connectivity index (χ4n) is 2.88. The number of likely N-dealkylation sites (N-methyl/N-ethyl adjacent to an activating group) is 1. The van der Waals surface area contributed by atoms with Crippen molar-refractivity contribution in [2.24, 2.45) is 0 Å². The number of carbonyl (C=O) groups is 2. The Hall–Kier alpha value is -2.98. The first kappa shape index (κ1) is 22.7. The number of hydrogen-bond donors (Lipinski definition) is 3. The maximum atomic E-state index is 13.0. The summed E-state index contributed by atoms with van der Waals surface area (Å²) in [4.78, 5) is 25.3. The van der Waals surface area contributed by atoms with E-state index in [1.54, 1.807) is 32.2 Å². The third-order valence-corrected chi connectivity index (χ3v) is 5.10. The monoisotopic (exact) mass is 458 g/mol. The number of ether oxygens (including phenoxy) is 2. The molecule has 3 rings (SSSR count). The van der Waals surface area contributed by atoms with E-state index in [1.165, 1.54) is 6.07 Å². The molecule has 1 aliphatic heterocycles. The van der Waals surface area contributed by atoms with Crippen LogP contribution in [-0.4, -0.2) is 38.2 Å². The van der Waals surface area contributed by atoms with E-state index in [0.717, 1.165) is 12.1 Å². The van der Waals surface area contributed by atoms with Crippen molar-refractivity contribution in [2.45, 2.75) is 19.1 Å². The van der Waals surface area contributed by atoms with Gasteiger partial charge in [0.2, 0.25) is 6.79 Å². The molecule has 0 bridgehead atoms. The Balaban J connectivity index is 1.57. The van der Waals surface area contributed by atoms with E-state index in [2.05, 4.69) is 10.6 Å². The van der Waals surface area contributed by atoms with Crippen molar-refractivity contribution >= 4 is 34.8 Å². The van der Waals surface area contributed by atoms with E-state index in [-0.39, 0.29) is 24.9 Å². The van der Waals surface area contributed by atoms with Gasteiger partial charge in [0.25, 0.3) is 11.8 Å². The summed E-state index contributed by atoms with van der Waals surface area (Å²) in [5.41, 5.74) is -0.560. The Morgan fingerprint density at radius 2 is 1.74 bits per heavy atom. The van der Waals surface area contributed by atoms with E-state index in [9.17, 15) is 22.8 Å². The average molecular weight is 459 g/mol. The Bertz CT molecular complexity index is 1000. The van der Waals surface area contributed by atoms with Gasteiger partial charge in [0.05, 0.1) is 17.6 Å². The van der Waals surface area contributed by atoms with Crippen LogP contribution >= 0.6 is 11.6 Å². The van der Waals surface area contributed by atoms with Crippen LogP contribution in [0.5, 0.6) is 11.5 Å². The summed E-state index contributed by atoms with van der Waals surface area (Å²) >= 11 is 5.58. The van der Waals surface area contributed by atoms with Crippen molar-refractivity contribution < 1.29 is 37.1 Å². The van der Waals surface area contributed by atoms with Crippen LogP contribution in [-0.2, 0) is 15.8 Å². The van der Waals surface area contributed by atoms with Gasteiger partial charge in [-0.25, -0.2) is 0 Å². The number of nitrogens with one attached hydrogen (secondary N) is 3. The number of alkyl halides is 3. The SMILES string of the molecule is C[C@H](C(=O)Nc1ccc2c(c1)OCO2)[NH+](C)CC(=O)Nc1ccc(Cl)c(C(F)(F)F)c1. The van der Waals surface area contributed by atoms with E-state index < -0.39 is 28.7 Å². The first-order chi connectivity index (χ1) is 14.5. The lowest BCUT2D eigenvalue weighted by Gasteiger charge is -2.21. The molecule has 0 spiro atoms. The van der Waals surface area contributed by atoms with Crippen LogP contribution in [0, 0.1) is 0 Å². The molecule has 11 heteroatoms. The Labute approximate surface area is 181 Å². The number of hydrogen-bond acceptors (Lipinski definition) is 4. The number of benzene rings is 2. The summed E-state index contributed by atoms with van der Waals surface area (Å²) in [7, 11) is 1.63. The summed E-state index contributed by atoms with van der Waals surface area (Å²) in [6.45, 7) is 1.61. The zero-order valence-electron chi connectivity index (χ0n) is 16.6. The predicted molar refractivity (Wildman–Crippen MR) is 107 cm³/mol. The molecular weight excluding hydrogens is 439 g/mol. The number of anilines is 2. The van der Waals surface area contributed by atoms with Crippen LogP contribution < -0.4 is 25.0 Å². The van der Waals surface area contributed by atoms with Crippen LogP contribution in [0.2, 0.25) is 5.02 Å². The molecule has 0 aromatic heterocycles. The van der Waals surface area contributed by atoms with Crippen molar-refractivity contribution in [1.82, 2.24) is 0 Å². The third-order valence-electron chi connectivity index (χ3n) is 4.77. The average Bonchev–Trinajstić information content (AvgIpc) is 3.15. The summed E-state index contributed by atoms with van der Waals surface area (Å²) < 4.78 is 49.4. The highest BCUT2D eigenvalue weighted by Crippen LogP contribution is 2.36. The zero-order valence-corrected chi connectivity index (χ0v) is 17.4. The highest BCUT2D eigenvalue weighted by Gasteiger charge is 2.33. The molecule has 0 fully saturated rings. The van der Waals surface area contributed by atoms with Gasteiger partial charge in [-0.3, -0.25) is 9.59 Å². The van der Waals surface area contributed by atoms with Crippen molar-refractivity contribution in [3.63, 3.8) is 0 Å². The normalized spacial score (nSPS) is 14.6. The highest BCUT2D eigenvalue weighted by atomic mass is 35.5. The van der Waals surface area contributed by atoms with Gasteiger partial charge in [0.15, 0.2) is 24.1 Å². The molecule has 2 aromatic carbocycles. The molecule has 0 aliphatic carbocycles. The number of amides is 2. The van der Waals surface area contributed by atoms with Crippen LogP contribution in [0.15, 0.2) is 36.4 Å². The molecule has 3 N–H and O–H groups in total. The van der Waals surface area contributed by atoms with E-state index in [1.807, 2.05) is 0 Å². The second-order valence-corrected chi connectivity index (χ2v) is 7.45. The third kappa shape index (κ3) is 5.59. The van der Waals surface area contributed by atoms with E-state index >= 15 is 0 Å². The van der Waals surface area contributed by atoms with Gasteiger partial charge in [-0.1, -0.05) is 11.6 Å². The van der Waals surface area contributed by atoms with Crippen molar-refractivity contribution in [3.8, 4) is 11.5 Å². The van der Waals surface area contributed by atoms with Gasteiger partial charge in [-0.15, -0.1) is 0 Å². The van der Waals surface area contributed by atoms with Crippen molar-refractivity contribution in [1.29, 1.82) is 0 Å². The lowest BCUT2D eigenvalue weighted by atomic mass is 10.2. The van der Waals surface area contributed by atoms with Gasteiger partial charge in [0, 0.05) is 17.4 Å². The standard InChI is InChI=1S/C20H19ClF3N3O4/c1-11(19(29)26-13-4-6-16-17(8-13)31-10-30-16)27(2)9-18(28)25-12-3-5-15(21)14(7-12)20(22,23)24/h3-8,11H,9-10H2,1-2H3,(H,25,28)(H,26,29)/p+1/t11-/m1/s1. The second-order valence-electron chi connectivity index (χ2n) is 7.04. The van der Waals surface area contributed by atoms with Gasteiger partial charge in [-0.2, -0.15) is 13.2 Å². The van der Waals surface area contributed by atoms with Gasteiger partial charge in [-0.05, 0) is 37.3 Å². The maximum absolute atomic E-state index is 13.0. The lowest BCUT2D eigenvalue weighted by molar-refractivity contribution is -0.885. The summed E-state index contributed by atoms with van der Waals surface area (Å²) in [6.07, 6.45) is -4.64. The minimum absolute atomic E-state index is 0.0352. The maximum Gasteiger partial charge on any atom is 0.417 e. The fourth-order valence-corrected chi connectivity index (χ4v) is 3.11. The molecule has 1 heterocycles. The number of carbonyl (C=O) groups excluding carboxylic acids is 2. The first-order valence-electron chi connectivity index (χ1n) is 9.24. The molecule has 2 amide bonds. The molecule has 1 unspecified atom stereocenters. The largest absolute Gasteiger partial charge is 0.454 e. The molecule has 166 valence electrons. The molecule has 31 heavy (non-hydrogen) atoms. The predicted octanol–water partition coefficient (Wildman–Crippen LogP) is 2.57. The second kappa shape index (κ2) is 9.03. The molecule has 0 radical (unpaired) electrons. The Morgan fingerprint density at radius 3 is 2.45 bits per heavy atom.